The Hall–Kier alpha value is -11.7. The molecule has 16 nitrogen and oxygen atoms in total. The van der Waals surface area contributed by atoms with E-state index in [1.165, 1.54) is 92.5 Å². The van der Waals surface area contributed by atoms with Gasteiger partial charge in [-0.1, -0.05) is 70.0 Å². The summed E-state index contributed by atoms with van der Waals surface area (Å²) in [5, 5.41) is 20.4. The quantitative estimate of drug-likeness (QED) is 0.0263. The molecule has 0 radical (unpaired) electrons. The van der Waals surface area contributed by atoms with E-state index < -0.39 is 145 Å². The van der Waals surface area contributed by atoms with Gasteiger partial charge < -0.3 is 37.4 Å². The molecule has 0 spiro atoms. The Kier molecular flexibility index (Phi) is 17.3. The molecule has 0 fully saturated rings. The Bertz CT molecular complexity index is 5510. The summed E-state index contributed by atoms with van der Waals surface area (Å²) in [5.41, 5.74) is -11.7. The minimum absolute atomic E-state index is 0.0445. The van der Waals surface area contributed by atoms with Crippen LogP contribution in [0.5, 0.6) is 17.2 Å². The number of hydrogen-bond donors (Lipinski definition) is 0. The van der Waals surface area contributed by atoms with Crippen molar-refractivity contribution in [3.05, 3.63) is 214 Å². The molecular weight excluding hydrogens is 1370 g/mol. The lowest BCUT2D eigenvalue weighted by Gasteiger charge is -2.53. The van der Waals surface area contributed by atoms with Crippen LogP contribution < -0.4 is 25.3 Å². The zero-order chi connectivity index (χ0) is 75.0. The molecule has 528 valence electrons. The molecule has 0 bridgehead atoms. The van der Waals surface area contributed by atoms with Gasteiger partial charge in [0.2, 0.25) is 0 Å². The van der Waals surface area contributed by atoms with Crippen molar-refractivity contribution in [1.29, 1.82) is 10.5 Å². The number of allylic oxidation sites excluding steroid dienone is 1. The minimum atomic E-state index is -5.44. The first-order valence-corrected chi connectivity index (χ1v) is 31.2. The SMILES string of the molecule is COC(=O)C1=C(C)C2=C(c3c(OC)cc(OC(=O)Cc4ccc(-n5c(=O)c6cc(-c7cc(C(F)(F)F)cc(C(F)(F)F)c7)c7oc8ccccc8c8c(-c9cc(C(F)(F)F)cc(C(F)(F)F)c9)cc(c5=O)c6c78)cc4)cc3OC)c3c(C)c(C(=O)OC)c(C(C)C)n3[B-](C#N)(C#N)N2C=C1C(C)C. The number of aromatic nitrogens is 2. The highest BCUT2D eigenvalue weighted by molar-refractivity contribution is 6.91. The number of pyridine rings is 1. The number of carbonyl (C=O) groups is 3. The Labute approximate surface area is 575 Å². The van der Waals surface area contributed by atoms with Crippen LogP contribution in [0.25, 0.3) is 77.0 Å². The molecule has 0 N–H and O–H groups in total. The maximum absolute atomic E-state index is 15.3. The molecule has 0 saturated heterocycles. The van der Waals surface area contributed by atoms with E-state index in [0.717, 1.165) is 24.3 Å². The summed E-state index contributed by atoms with van der Waals surface area (Å²) in [5.74, 6) is 0.779. The Morgan fingerprint density at radius 2 is 1.11 bits per heavy atom. The maximum Gasteiger partial charge on any atom is 0.416 e. The van der Waals surface area contributed by atoms with E-state index in [-0.39, 0.29) is 113 Å². The zero-order valence-corrected chi connectivity index (χ0v) is 55.7. The summed E-state index contributed by atoms with van der Waals surface area (Å²) >= 11 is 0. The number of carbonyl (C=O) groups excluding carboxylic acids is 3. The van der Waals surface area contributed by atoms with Gasteiger partial charge in [-0.25, -0.2) is 24.7 Å². The second-order valence-electron chi connectivity index (χ2n) is 25.2. The largest absolute Gasteiger partial charge is 0.496 e. The fraction of sp³-hybridized carbons (Fsp3) is 0.230. The van der Waals surface area contributed by atoms with E-state index in [1.807, 2.05) is 0 Å². The van der Waals surface area contributed by atoms with Gasteiger partial charge in [0.25, 0.3) is 11.1 Å². The summed E-state index contributed by atoms with van der Waals surface area (Å²) in [7, 11) is 4.92. The number of nitriles is 2. The zero-order valence-electron chi connectivity index (χ0n) is 55.7. The molecule has 12 rings (SSSR count). The van der Waals surface area contributed by atoms with Crippen molar-refractivity contribution in [3.63, 3.8) is 0 Å². The molecule has 0 amide bonds. The van der Waals surface area contributed by atoms with Gasteiger partial charge in [-0.15, -0.1) is 0 Å². The summed E-state index contributed by atoms with van der Waals surface area (Å²) < 4.78 is 213. The molecule has 103 heavy (non-hydrogen) atoms. The lowest BCUT2D eigenvalue weighted by Crippen LogP contribution is -2.60. The van der Waals surface area contributed by atoms with Crippen molar-refractivity contribution < 1.29 is 95.2 Å². The van der Waals surface area contributed by atoms with Crippen molar-refractivity contribution in [2.24, 2.45) is 5.92 Å². The van der Waals surface area contributed by atoms with Crippen LogP contribution in [0.3, 0.4) is 0 Å². The molecule has 0 saturated carbocycles. The predicted octanol–water partition coefficient (Wildman–Crippen LogP) is 17.0. The number of nitrogens with zero attached hydrogens (tertiary/aromatic N) is 5. The van der Waals surface area contributed by atoms with Crippen molar-refractivity contribution in [2.75, 3.05) is 28.4 Å². The number of fused-ring (bicyclic) bond motifs is 4. The van der Waals surface area contributed by atoms with E-state index in [4.69, 9.17) is 28.1 Å². The summed E-state index contributed by atoms with van der Waals surface area (Å²) in [4.78, 5) is 74.1. The molecule has 0 atom stereocenters. The van der Waals surface area contributed by atoms with Crippen molar-refractivity contribution in [3.8, 4) is 57.1 Å². The van der Waals surface area contributed by atoms with Crippen LogP contribution in [-0.2, 0) is 50.2 Å². The highest BCUT2D eigenvalue weighted by Gasteiger charge is 2.50. The molecule has 5 heterocycles. The number of ether oxygens (including phenoxy) is 5. The Balaban J connectivity index is 1.01. The highest BCUT2D eigenvalue weighted by atomic mass is 19.4. The molecular formula is C74H53BF12N5O11-. The average Bonchev–Trinajstić information content (AvgIpc) is 0.827. The van der Waals surface area contributed by atoms with Gasteiger partial charge in [-0.2, -0.15) is 52.7 Å². The Morgan fingerprint density at radius 3 is 1.58 bits per heavy atom. The molecule has 7 aromatic carbocycles. The van der Waals surface area contributed by atoms with Crippen LogP contribution >= 0.6 is 0 Å². The third kappa shape index (κ3) is 11.5. The number of esters is 3. The first-order valence-electron chi connectivity index (χ1n) is 31.2. The lowest BCUT2D eigenvalue weighted by molar-refractivity contribution is -0.144. The summed E-state index contributed by atoms with van der Waals surface area (Å²) in [6.45, 7) is 10.3. The first-order chi connectivity index (χ1) is 48.4. The average molecular weight is 1430 g/mol. The topological polar surface area (TPSA) is 205 Å². The molecule has 2 aliphatic rings. The van der Waals surface area contributed by atoms with Gasteiger partial charge in [0.15, 0.2) is 0 Å². The summed E-state index contributed by atoms with van der Waals surface area (Å²) in [6, 6.07) is 15.7. The third-order valence-electron chi connectivity index (χ3n) is 18.5. The smallest absolute Gasteiger partial charge is 0.416 e. The summed E-state index contributed by atoms with van der Waals surface area (Å²) in [6.07, 6.45) is -24.0. The van der Waals surface area contributed by atoms with Gasteiger partial charge in [0, 0.05) is 67.0 Å². The lowest BCUT2D eigenvalue weighted by atomic mass is 9.45. The monoisotopic (exact) mass is 1430 g/mol. The van der Waals surface area contributed by atoms with E-state index >= 15 is 9.59 Å². The Morgan fingerprint density at radius 1 is 0.602 bits per heavy atom. The highest BCUT2D eigenvalue weighted by Crippen LogP contribution is 2.55. The number of alkyl halides is 12. The van der Waals surface area contributed by atoms with Gasteiger partial charge >= 0.3 is 49.0 Å². The molecule has 0 aliphatic carbocycles. The van der Waals surface area contributed by atoms with Crippen molar-refractivity contribution >= 4 is 73.4 Å². The number of rotatable bonds is 13. The van der Waals surface area contributed by atoms with Gasteiger partial charge in [-0.05, 0) is 143 Å². The van der Waals surface area contributed by atoms with E-state index in [9.17, 15) is 77.6 Å². The van der Waals surface area contributed by atoms with Gasteiger partial charge in [0.05, 0.1) is 79.5 Å². The fourth-order valence-electron chi connectivity index (χ4n) is 14.0. The third-order valence-corrected chi connectivity index (χ3v) is 18.5. The van der Waals surface area contributed by atoms with E-state index in [2.05, 4.69) is 11.9 Å². The fourth-order valence-corrected chi connectivity index (χ4v) is 14.0. The van der Waals surface area contributed by atoms with E-state index in [1.54, 1.807) is 41.5 Å². The molecule has 0 unspecified atom stereocenters. The van der Waals surface area contributed by atoms with Crippen LogP contribution in [0.1, 0.15) is 101 Å². The van der Waals surface area contributed by atoms with Gasteiger partial charge in [-0.3, -0.25) is 14.4 Å². The molecule has 2 aliphatic heterocycles. The van der Waals surface area contributed by atoms with Crippen LogP contribution in [0.2, 0.25) is 0 Å². The normalized spacial score (nSPS) is 14.2. The number of para-hydroxylation sites is 1. The number of methoxy groups -OCH3 is 4. The second kappa shape index (κ2) is 25.1. The van der Waals surface area contributed by atoms with Gasteiger partial charge in [0.1, 0.15) is 28.4 Å². The maximum atomic E-state index is 15.3. The number of halogens is 12. The van der Waals surface area contributed by atoms with Crippen LogP contribution in [0, 0.1) is 35.3 Å². The van der Waals surface area contributed by atoms with Crippen LogP contribution in [0.15, 0.2) is 152 Å². The molecule has 10 aromatic rings. The standard InChI is InChI=1S/C74H53BF12N5O11/c1-33(2)51-30-90-64(35(5)56(51)69(96)100-9)62(65-36(6)57(70(97)101-10)63(34(3)4)92(65)75(90,31-88)32-89)60-53(98-7)26-45(27-54(60)99-8)102-55(93)19-37-15-17-44(18-16-37)91-67(94)49-28-47(38-20-40(71(76,77)78)24-41(21-38)72(79,80)81)58-46-13-11-12-14-52(46)103-66-48(29-50(68(91)95)59(49)61(58)66)39-22-42(73(82,83)84)25-43(23-39)74(85,86)87/h11-18,20-30,33-34H,19H2,1-10H3/q-1. The predicted molar refractivity (Wildman–Crippen MR) is 354 cm³/mol. The van der Waals surface area contributed by atoms with Crippen molar-refractivity contribution in [1.82, 2.24) is 13.9 Å². The first kappa shape index (κ1) is 71.1. The van der Waals surface area contributed by atoms with Crippen LogP contribution in [-0.4, -0.2) is 66.6 Å². The molecule has 3 aromatic heterocycles. The second-order valence-corrected chi connectivity index (χ2v) is 25.2. The number of hydrogen-bond acceptors (Lipinski definition) is 14. The number of benzene rings is 7. The van der Waals surface area contributed by atoms with Crippen LogP contribution in [0.4, 0.5) is 52.7 Å². The minimum Gasteiger partial charge on any atom is -0.496 e. The van der Waals surface area contributed by atoms with Crippen molar-refractivity contribution in [2.45, 2.75) is 78.6 Å². The van der Waals surface area contributed by atoms with E-state index in [0.29, 0.717) is 34.4 Å². The molecule has 29 heteroatoms.